The maximum absolute atomic E-state index is 6.67. The molecule has 0 spiro atoms. The molecule has 0 radical (unpaired) electrons. The number of benzene rings is 12. The Morgan fingerprint density at radius 3 is 1.15 bits per heavy atom. The SMILES string of the molecule is S=P(c1ccccc1)(c1ccccc1)c1ccc2nc3c4cc5ccccc5cc4c4ccccc4n3c2c1.[Se]=P(c1ccccc1)(c1ccccc1)c1ccc2c(c1)nc1c3cc4ccccc4cc3c3ccccc3n21. The Balaban J connectivity index is 0.000000136. The van der Waals surface area contributed by atoms with Crippen LogP contribution < -0.4 is 31.8 Å². The van der Waals surface area contributed by atoms with Crippen molar-refractivity contribution in [2.75, 3.05) is 0 Å². The zero-order chi connectivity index (χ0) is 52.0. The van der Waals surface area contributed by atoms with E-state index in [0.717, 1.165) is 44.3 Å². The van der Waals surface area contributed by atoms with Gasteiger partial charge in [0, 0.05) is 16.8 Å². The van der Waals surface area contributed by atoms with Crippen molar-refractivity contribution in [2.24, 2.45) is 0 Å². The molecule has 16 aromatic rings. The van der Waals surface area contributed by atoms with Gasteiger partial charge in [-0.25, -0.2) is 4.98 Å². The standard InChI is InChI=1S/C35H23N2PS.C35H23N2PSe/c39-38(26-13-3-1-4-14-26,27-15-5-2-6-16-27)28-19-20-32-34(23-28)37-33-18-10-9-17-29(33)30-21-24-11-7-8-12-25(24)22-31(30)35(37)36-32;39-38(26-13-3-1-4-14-26,27-15-5-2-6-16-27)28-19-20-34-32(23-28)36-35-31-22-25-12-8-7-11-24(25)21-30(31)29-17-9-10-18-33(29)37(34)35/h2*1-23H. The van der Waals surface area contributed by atoms with Crippen LogP contribution in [0.25, 0.3) is 98.3 Å². The topological polar surface area (TPSA) is 34.6 Å². The molecule has 4 aromatic heterocycles. The fourth-order valence-corrected chi connectivity index (χ4v) is 20.6. The molecule has 0 saturated heterocycles. The molecule has 368 valence electrons. The van der Waals surface area contributed by atoms with E-state index in [1.807, 2.05) is 0 Å². The van der Waals surface area contributed by atoms with Crippen LogP contribution in [0.2, 0.25) is 0 Å². The molecule has 0 bridgehead atoms. The van der Waals surface area contributed by atoms with Crippen LogP contribution in [-0.4, -0.2) is 33.9 Å². The van der Waals surface area contributed by atoms with E-state index < -0.39 is 11.5 Å². The zero-order valence-corrected chi connectivity index (χ0v) is 46.4. The first kappa shape index (κ1) is 47.0. The molecule has 0 aliphatic heterocycles. The van der Waals surface area contributed by atoms with Crippen molar-refractivity contribution in [3.05, 3.63) is 279 Å². The molecule has 12 aromatic carbocycles. The van der Waals surface area contributed by atoms with Gasteiger partial charge in [-0.15, -0.1) is 0 Å². The molecule has 0 aliphatic rings. The van der Waals surface area contributed by atoms with Crippen molar-refractivity contribution < 1.29 is 0 Å². The molecular weight excluding hydrogens is 1070 g/mol. The first-order valence-corrected chi connectivity index (χ1v) is 33.0. The summed E-state index contributed by atoms with van der Waals surface area (Å²) in [6.07, 6.45) is 0. The average molecular weight is 1120 g/mol. The van der Waals surface area contributed by atoms with Crippen LogP contribution in [0.5, 0.6) is 0 Å². The van der Waals surface area contributed by atoms with Gasteiger partial charge in [0.05, 0.1) is 16.6 Å². The molecule has 78 heavy (non-hydrogen) atoms. The predicted octanol–water partition coefficient (Wildman–Crippen LogP) is 15.0. The Bertz CT molecular complexity index is 4990. The average Bonchev–Trinajstić information content (AvgIpc) is 4.30. The van der Waals surface area contributed by atoms with E-state index in [1.165, 1.54) is 85.8 Å². The van der Waals surface area contributed by atoms with Gasteiger partial charge in [0.1, 0.15) is 5.65 Å². The summed E-state index contributed by atoms with van der Waals surface area (Å²) < 4.78 is 4.68. The van der Waals surface area contributed by atoms with Gasteiger partial charge in [-0.3, -0.25) is 4.40 Å². The Labute approximate surface area is 463 Å². The molecule has 0 atom stereocenters. The predicted molar refractivity (Wildman–Crippen MR) is 341 cm³/mol. The van der Waals surface area contributed by atoms with Crippen molar-refractivity contribution in [3.63, 3.8) is 0 Å². The molecule has 0 unspecified atom stereocenters. The summed E-state index contributed by atoms with van der Waals surface area (Å²) in [6.45, 7) is 0. The quantitative estimate of drug-likeness (QED) is 0.0720. The van der Waals surface area contributed by atoms with Crippen molar-refractivity contribution in [1.82, 2.24) is 18.8 Å². The molecule has 0 fully saturated rings. The number of imidazole rings is 2. The van der Waals surface area contributed by atoms with Gasteiger partial charge in [-0.2, -0.15) is 0 Å². The van der Waals surface area contributed by atoms with Crippen molar-refractivity contribution >= 4 is 169 Å². The number of aromatic nitrogens is 4. The molecule has 0 aliphatic carbocycles. The third kappa shape index (κ3) is 7.40. The second-order valence-corrected chi connectivity index (χ2v) is 30.6. The number of nitrogens with zero attached hydrogens (tertiary/aromatic N) is 4. The Morgan fingerprint density at radius 2 is 0.667 bits per heavy atom. The molecule has 8 heteroatoms. The van der Waals surface area contributed by atoms with E-state index in [2.05, 4.69) is 303 Å². The normalized spacial score (nSPS) is 12.2. The summed E-state index contributed by atoms with van der Waals surface area (Å²) in [7, 11) is 0. The monoisotopic (exact) mass is 1120 g/mol. The third-order valence-corrected chi connectivity index (χ3v) is 27.6. The first-order valence-electron chi connectivity index (χ1n) is 26.2. The summed E-state index contributed by atoms with van der Waals surface area (Å²) in [5.74, 6) is 0. The molecule has 0 amide bonds. The second kappa shape index (κ2) is 18.7. The van der Waals surface area contributed by atoms with Crippen molar-refractivity contribution in [1.29, 1.82) is 0 Å². The van der Waals surface area contributed by atoms with Gasteiger partial charge in [0.2, 0.25) is 0 Å². The summed E-state index contributed by atoms with van der Waals surface area (Å²) in [4.78, 5) is 10.5. The van der Waals surface area contributed by atoms with E-state index in [9.17, 15) is 0 Å². The minimum atomic E-state index is -2.28. The van der Waals surface area contributed by atoms with E-state index in [1.54, 1.807) is 0 Å². The minimum absolute atomic E-state index is 0.979. The van der Waals surface area contributed by atoms with Gasteiger partial charge in [-0.1, -0.05) is 121 Å². The van der Waals surface area contributed by atoms with E-state index in [4.69, 9.17) is 21.8 Å². The van der Waals surface area contributed by atoms with Crippen LogP contribution >= 0.6 is 11.5 Å². The van der Waals surface area contributed by atoms with Gasteiger partial charge in [-0.05, 0) is 62.4 Å². The fraction of sp³-hybridized carbons (Fsp3) is 0. The first-order chi connectivity index (χ1) is 38.4. The summed E-state index contributed by atoms with van der Waals surface area (Å²) >= 11 is 10.4. The number of pyridine rings is 2. The number of hydrogen-bond acceptors (Lipinski definition) is 3. The zero-order valence-electron chi connectivity index (χ0n) is 42.1. The summed E-state index contributed by atoms with van der Waals surface area (Å²) in [5, 5.41) is 19.7. The Morgan fingerprint density at radius 1 is 0.282 bits per heavy atom. The molecule has 16 rings (SSSR count). The second-order valence-electron chi connectivity index (χ2n) is 20.0. The number of fused-ring (bicyclic) bond motifs is 18. The van der Waals surface area contributed by atoms with Crippen LogP contribution in [0.1, 0.15) is 0 Å². The van der Waals surface area contributed by atoms with Crippen molar-refractivity contribution in [3.8, 4) is 0 Å². The number of para-hydroxylation sites is 2. The van der Waals surface area contributed by atoms with E-state index >= 15 is 0 Å². The Hall–Kier alpha value is -8.30. The number of hydrogen-bond donors (Lipinski definition) is 0. The molecule has 4 nitrogen and oxygen atoms in total. The third-order valence-electron chi connectivity index (χ3n) is 15.6. The molecule has 4 heterocycles. The van der Waals surface area contributed by atoms with Crippen LogP contribution in [0.4, 0.5) is 0 Å². The maximum atomic E-state index is 6.67. The van der Waals surface area contributed by atoms with Crippen LogP contribution in [0.3, 0.4) is 0 Å². The Kier molecular flexibility index (Phi) is 11.3. The van der Waals surface area contributed by atoms with Crippen LogP contribution in [0, 0.1) is 0 Å². The summed E-state index contributed by atoms with van der Waals surface area (Å²) in [5.41, 5.74) is 6.57. The molecule has 0 N–H and O–H groups in total. The van der Waals surface area contributed by atoms with Gasteiger partial charge in [0.25, 0.3) is 0 Å². The molecule has 0 saturated carbocycles. The fourth-order valence-electron chi connectivity index (χ4n) is 11.9. The van der Waals surface area contributed by atoms with Gasteiger partial charge >= 0.3 is 235 Å². The number of rotatable bonds is 6. The van der Waals surface area contributed by atoms with Crippen LogP contribution in [0.15, 0.2) is 279 Å². The van der Waals surface area contributed by atoms with Gasteiger partial charge in [0.15, 0.2) is 0 Å². The van der Waals surface area contributed by atoms with Crippen molar-refractivity contribution in [2.45, 2.75) is 0 Å². The van der Waals surface area contributed by atoms with E-state index in [-0.39, 0.29) is 0 Å². The summed E-state index contributed by atoms with van der Waals surface area (Å²) in [6, 6.07) is 97.9. The molecular formula is C70H46N4P2SSe. The van der Waals surface area contributed by atoms with Gasteiger partial charge < -0.3 is 0 Å². The van der Waals surface area contributed by atoms with Crippen LogP contribution in [-0.2, 0) is 11.8 Å². The van der Waals surface area contributed by atoms with E-state index in [0.29, 0.717) is 0 Å².